The van der Waals surface area contributed by atoms with E-state index in [9.17, 15) is 0 Å². The zero-order chi connectivity index (χ0) is 11.7. The molecule has 17 heavy (non-hydrogen) atoms. The molecule has 0 saturated heterocycles. The second kappa shape index (κ2) is 5.07. The largest absolute Gasteiger partial charge is 0.308 e. The number of rotatable bonds is 4. The van der Waals surface area contributed by atoms with Gasteiger partial charge in [-0.3, -0.25) is 0 Å². The molecular formula is C14H22N2S. The van der Waals surface area contributed by atoms with E-state index >= 15 is 0 Å². The van der Waals surface area contributed by atoms with Gasteiger partial charge in [0.05, 0.1) is 0 Å². The fraction of sp³-hybridized carbons (Fsp3) is 0.786. The van der Waals surface area contributed by atoms with Gasteiger partial charge in [0.15, 0.2) is 0 Å². The van der Waals surface area contributed by atoms with E-state index in [0.29, 0.717) is 0 Å². The quantitative estimate of drug-likeness (QED) is 0.884. The summed E-state index contributed by atoms with van der Waals surface area (Å²) in [7, 11) is 0. The summed E-state index contributed by atoms with van der Waals surface area (Å²) in [5, 5.41) is 4.96. The maximum absolute atomic E-state index is 4.42. The van der Waals surface area contributed by atoms with Crippen LogP contribution in [-0.4, -0.2) is 11.0 Å². The summed E-state index contributed by atoms with van der Waals surface area (Å²) in [6, 6.07) is 0.749. The van der Waals surface area contributed by atoms with Gasteiger partial charge in [-0.2, -0.15) is 0 Å². The van der Waals surface area contributed by atoms with E-state index in [0.717, 1.165) is 24.4 Å². The molecule has 2 fully saturated rings. The minimum absolute atomic E-state index is 0.749. The first-order valence-electron chi connectivity index (χ1n) is 6.96. The third-order valence-corrected chi connectivity index (χ3v) is 5.13. The molecule has 1 aromatic rings. The van der Waals surface area contributed by atoms with Crippen LogP contribution in [0.5, 0.6) is 0 Å². The average Bonchev–Trinajstić information content (AvgIpc) is 3.11. The van der Waals surface area contributed by atoms with E-state index in [1.807, 2.05) is 17.5 Å². The van der Waals surface area contributed by atoms with Crippen molar-refractivity contribution in [3.8, 4) is 0 Å². The lowest BCUT2D eigenvalue weighted by Crippen LogP contribution is -2.34. The van der Waals surface area contributed by atoms with Gasteiger partial charge in [-0.1, -0.05) is 12.8 Å². The fourth-order valence-electron chi connectivity index (χ4n) is 3.12. The molecule has 0 amide bonds. The molecule has 2 atom stereocenters. The molecule has 3 heteroatoms. The Morgan fingerprint density at radius 3 is 2.88 bits per heavy atom. The van der Waals surface area contributed by atoms with Gasteiger partial charge in [-0.15, -0.1) is 11.3 Å². The maximum atomic E-state index is 4.42. The van der Waals surface area contributed by atoms with Crippen LogP contribution in [0.3, 0.4) is 0 Å². The highest BCUT2D eigenvalue weighted by Crippen LogP contribution is 2.43. The lowest BCUT2D eigenvalue weighted by Gasteiger charge is -2.29. The Hall–Kier alpha value is -0.410. The summed E-state index contributed by atoms with van der Waals surface area (Å²) in [6.45, 7) is 3.10. The highest BCUT2D eigenvalue weighted by molar-refractivity contribution is 7.11. The Labute approximate surface area is 108 Å². The van der Waals surface area contributed by atoms with Crippen LogP contribution in [0.2, 0.25) is 0 Å². The standard InChI is InChI=1S/C14H22N2S/c1-10-8-16-14(17-10)9-15-13-4-2-3-12(7-13)11-5-6-11/h8,11-13,15H,2-7,9H2,1H3. The molecule has 2 saturated carbocycles. The van der Waals surface area contributed by atoms with E-state index < -0.39 is 0 Å². The van der Waals surface area contributed by atoms with Gasteiger partial charge >= 0.3 is 0 Å². The zero-order valence-electron chi connectivity index (χ0n) is 10.6. The summed E-state index contributed by atoms with van der Waals surface area (Å²) < 4.78 is 0. The first kappa shape index (κ1) is 11.7. The van der Waals surface area contributed by atoms with Crippen molar-refractivity contribution < 1.29 is 0 Å². The molecule has 2 unspecified atom stereocenters. The van der Waals surface area contributed by atoms with Gasteiger partial charge in [-0.25, -0.2) is 4.98 Å². The summed E-state index contributed by atoms with van der Waals surface area (Å²) in [4.78, 5) is 5.74. The molecule has 2 nitrogen and oxygen atoms in total. The maximum Gasteiger partial charge on any atom is 0.107 e. The number of thiazole rings is 1. The molecular weight excluding hydrogens is 228 g/mol. The SMILES string of the molecule is Cc1cnc(CNC2CCCC(C3CC3)C2)s1. The molecule has 94 valence electrons. The molecule has 1 heterocycles. The number of aryl methyl sites for hydroxylation is 1. The van der Waals surface area contributed by atoms with Crippen LogP contribution < -0.4 is 5.32 Å². The Morgan fingerprint density at radius 2 is 2.18 bits per heavy atom. The predicted molar refractivity (Wildman–Crippen MR) is 72.2 cm³/mol. The van der Waals surface area contributed by atoms with Crippen LogP contribution >= 0.6 is 11.3 Å². The molecule has 3 rings (SSSR count). The van der Waals surface area contributed by atoms with E-state index in [-0.39, 0.29) is 0 Å². The highest BCUT2D eigenvalue weighted by Gasteiger charge is 2.34. The number of hydrogen-bond acceptors (Lipinski definition) is 3. The van der Waals surface area contributed by atoms with Crippen molar-refractivity contribution in [2.45, 2.75) is 58.0 Å². The number of nitrogens with zero attached hydrogens (tertiary/aromatic N) is 1. The molecule has 2 aliphatic carbocycles. The summed E-state index contributed by atoms with van der Waals surface area (Å²) in [5.41, 5.74) is 0. The Balaban J connectivity index is 1.47. The Bertz CT molecular complexity index is 370. The van der Waals surface area contributed by atoms with E-state index in [1.54, 1.807) is 0 Å². The summed E-state index contributed by atoms with van der Waals surface area (Å²) in [5.74, 6) is 2.11. The van der Waals surface area contributed by atoms with Crippen molar-refractivity contribution >= 4 is 11.3 Å². The van der Waals surface area contributed by atoms with Gasteiger partial charge in [0.1, 0.15) is 5.01 Å². The highest BCUT2D eigenvalue weighted by atomic mass is 32.1. The van der Waals surface area contributed by atoms with Crippen molar-refractivity contribution in [2.24, 2.45) is 11.8 Å². The van der Waals surface area contributed by atoms with E-state index in [4.69, 9.17) is 0 Å². The Morgan fingerprint density at radius 1 is 1.29 bits per heavy atom. The van der Waals surface area contributed by atoms with Crippen molar-refractivity contribution in [2.75, 3.05) is 0 Å². The van der Waals surface area contributed by atoms with Crippen LogP contribution in [0.1, 0.15) is 48.4 Å². The third-order valence-electron chi connectivity index (χ3n) is 4.21. The molecule has 0 aliphatic heterocycles. The first-order valence-corrected chi connectivity index (χ1v) is 7.77. The predicted octanol–water partition coefficient (Wildman–Crippen LogP) is 3.51. The van der Waals surface area contributed by atoms with Crippen LogP contribution in [0.15, 0.2) is 6.20 Å². The smallest absolute Gasteiger partial charge is 0.107 e. The van der Waals surface area contributed by atoms with Crippen LogP contribution in [0.4, 0.5) is 0 Å². The minimum atomic E-state index is 0.749. The van der Waals surface area contributed by atoms with Gasteiger partial charge in [0, 0.05) is 23.7 Å². The number of nitrogens with one attached hydrogen (secondary N) is 1. The summed E-state index contributed by atoms with van der Waals surface area (Å²) >= 11 is 1.82. The average molecular weight is 250 g/mol. The lowest BCUT2D eigenvalue weighted by atomic mass is 9.83. The second-order valence-electron chi connectivity index (χ2n) is 5.71. The number of aromatic nitrogens is 1. The van der Waals surface area contributed by atoms with E-state index in [2.05, 4.69) is 17.2 Å². The van der Waals surface area contributed by atoms with Crippen molar-refractivity contribution in [3.63, 3.8) is 0 Å². The summed E-state index contributed by atoms with van der Waals surface area (Å²) in [6.07, 6.45) is 10.7. The van der Waals surface area contributed by atoms with E-state index in [1.165, 1.54) is 48.4 Å². The third kappa shape index (κ3) is 3.08. The fourth-order valence-corrected chi connectivity index (χ4v) is 3.86. The lowest BCUT2D eigenvalue weighted by molar-refractivity contribution is 0.260. The topological polar surface area (TPSA) is 24.9 Å². The number of hydrogen-bond donors (Lipinski definition) is 1. The zero-order valence-corrected chi connectivity index (χ0v) is 11.4. The van der Waals surface area contributed by atoms with Crippen LogP contribution in [0, 0.1) is 18.8 Å². The van der Waals surface area contributed by atoms with Gasteiger partial charge < -0.3 is 5.32 Å². The molecule has 1 N–H and O–H groups in total. The van der Waals surface area contributed by atoms with Gasteiger partial charge in [-0.05, 0) is 44.4 Å². The molecule has 0 bridgehead atoms. The van der Waals surface area contributed by atoms with Crippen molar-refractivity contribution in [3.05, 3.63) is 16.1 Å². The molecule has 2 aliphatic rings. The van der Waals surface area contributed by atoms with Gasteiger partial charge in [0.25, 0.3) is 0 Å². The van der Waals surface area contributed by atoms with Crippen LogP contribution in [0.25, 0.3) is 0 Å². The minimum Gasteiger partial charge on any atom is -0.308 e. The first-order chi connectivity index (χ1) is 8.31. The molecule has 0 aromatic carbocycles. The monoisotopic (exact) mass is 250 g/mol. The Kier molecular flexibility index (Phi) is 3.48. The van der Waals surface area contributed by atoms with Crippen molar-refractivity contribution in [1.29, 1.82) is 0 Å². The molecule has 1 aromatic heterocycles. The van der Waals surface area contributed by atoms with Gasteiger partial charge in [0.2, 0.25) is 0 Å². The van der Waals surface area contributed by atoms with Crippen molar-refractivity contribution in [1.82, 2.24) is 10.3 Å². The molecule has 0 radical (unpaired) electrons. The normalized spacial score (nSPS) is 29.5. The molecule has 0 spiro atoms. The van der Waals surface area contributed by atoms with Crippen LogP contribution in [-0.2, 0) is 6.54 Å². The second-order valence-corrected chi connectivity index (χ2v) is 7.03.